The van der Waals surface area contributed by atoms with Crippen LogP contribution in [0.15, 0.2) is 11.6 Å². The van der Waals surface area contributed by atoms with E-state index in [1.807, 2.05) is 0 Å². The molecule has 0 aromatic rings. The minimum atomic E-state index is -5.76. The van der Waals surface area contributed by atoms with Gasteiger partial charge in [-0.05, 0) is 74.7 Å². The molecule has 0 saturated heterocycles. The van der Waals surface area contributed by atoms with Gasteiger partial charge in [0, 0.05) is 11.8 Å². The third-order valence-electron chi connectivity index (χ3n) is 8.33. The first kappa shape index (κ1) is 19.3. The summed E-state index contributed by atoms with van der Waals surface area (Å²) in [6, 6.07) is 0. The van der Waals surface area contributed by atoms with Crippen LogP contribution in [0.5, 0.6) is 0 Å². The Balaban J connectivity index is 1.66. The van der Waals surface area contributed by atoms with Gasteiger partial charge in [-0.3, -0.25) is 4.79 Å². The Hall–Kier alpha value is -0.980. The van der Waals surface area contributed by atoms with Crippen molar-refractivity contribution in [1.29, 1.82) is 0 Å². The summed E-state index contributed by atoms with van der Waals surface area (Å²) in [5, 5.41) is 10.7. The van der Waals surface area contributed by atoms with Gasteiger partial charge in [0.05, 0.1) is 0 Å². The van der Waals surface area contributed by atoms with Gasteiger partial charge in [-0.25, -0.2) is 0 Å². The van der Waals surface area contributed by atoms with Gasteiger partial charge in [0.15, 0.2) is 5.78 Å². The van der Waals surface area contributed by atoms with Crippen molar-refractivity contribution in [3.8, 4) is 0 Å². The Bertz CT molecular complexity index is 684. The summed E-state index contributed by atoms with van der Waals surface area (Å²) in [4.78, 5) is 11.7. The van der Waals surface area contributed by atoms with E-state index < -0.39 is 29.5 Å². The van der Waals surface area contributed by atoms with Crippen LogP contribution in [0.4, 0.5) is 22.0 Å². The lowest BCUT2D eigenvalue weighted by Crippen LogP contribution is -2.65. The maximum Gasteiger partial charge on any atom is 0.456 e. The van der Waals surface area contributed by atoms with E-state index in [-0.39, 0.29) is 42.3 Å². The second-order valence-corrected chi connectivity index (χ2v) is 9.23. The fraction of sp³-hybridized carbons (Fsp3) is 0.850. The number of hydrogen-bond donors (Lipinski definition) is 1. The van der Waals surface area contributed by atoms with Crippen molar-refractivity contribution in [1.82, 2.24) is 0 Å². The number of carbonyl (C=O) groups is 1. The van der Waals surface area contributed by atoms with Gasteiger partial charge in [-0.1, -0.05) is 12.5 Å². The SMILES string of the molecule is C[C@]12CC[C@H]3[C@@H](CCC4=CC(=O)CC[C@@H]43)[C@@H]1CC[C@@]2(O)C(F)(F)C(F)(F)F. The third kappa shape index (κ3) is 2.42. The Labute approximate surface area is 155 Å². The fourth-order valence-corrected chi connectivity index (χ4v) is 6.95. The van der Waals surface area contributed by atoms with Gasteiger partial charge >= 0.3 is 12.1 Å². The zero-order chi connectivity index (χ0) is 19.8. The number of alkyl halides is 5. The van der Waals surface area contributed by atoms with Gasteiger partial charge in [0.1, 0.15) is 5.60 Å². The first-order valence-electron chi connectivity index (χ1n) is 9.82. The lowest BCUT2D eigenvalue weighted by molar-refractivity contribution is -0.363. The molecule has 4 aliphatic rings. The average molecular weight is 392 g/mol. The molecule has 7 heteroatoms. The summed E-state index contributed by atoms with van der Waals surface area (Å²) in [5.41, 5.74) is -3.37. The molecule has 0 unspecified atom stereocenters. The molecule has 0 spiro atoms. The minimum Gasteiger partial charge on any atom is -0.383 e. The lowest BCUT2D eigenvalue weighted by Gasteiger charge is -2.56. The molecule has 1 N–H and O–H groups in total. The monoisotopic (exact) mass is 392 g/mol. The van der Waals surface area contributed by atoms with Crippen LogP contribution >= 0.6 is 0 Å². The van der Waals surface area contributed by atoms with Crippen LogP contribution < -0.4 is 0 Å². The number of fused-ring (bicyclic) bond motifs is 5. The van der Waals surface area contributed by atoms with Gasteiger partial charge in [-0.2, -0.15) is 22.0 Å². The normalized spacial score (nSPS) is 45.0. The summed E-state index contributed by atoms with van der Waals surface area (Å²) in [5.74, 6) is -4.83. The van der Waals surface area contributed by atoms with E-state index in [2.05, 4.69) is 0 Å². The summed E-state index contributed by atoms with van der Waals surface area (Å²) in [6.07, 6.45) is -1.02. The second kappa shape index (κ2) is 5.77. The molecular weight excluding hydrogens is 367 g/mol. The molecule has 0 aliphatic heterocycles. The molecule has 6 atom stereocenters. The first-order chi connectivity index (χ1) is 12.4. The molecule has 2 nitrogen and oxygen atoms in total. The zero-order valence-corrected chi connectivity index (χ0v) is 15.3. The van der Waals surface area contributed by atoms with Crippen molar-refractivity contribution >= 4 is 5.78 Å². The smallest absolute Gasteiger partial charge is 0.383 e. The van der Waals surface area contributed by atoms with Crippen LogP contribution in [0.3, 0.4) is 0 Å². The van der Waals surface area contributed by atoms with Gasteiger partial charge < -0.3 is 5.11 Å². The molecule has 4 aliphatic carbocycles. The minimum absolute atomic E-state index is 0.0390. The largest absolute Gasteiger partial charge is 0.456 e. The Morgan fingerprint density at radius 2 is 1.70 bits per heavy atom. The van der Waals surface area contributed by atoms with E-state index in [1.54, 1.807) is 6.08 Å². The van der Waals surface area contributed by atoms with E-state index in [0.29, 0.717) is 25.7 Å². The van der Waals surface area contributed by atoms with Crippen molar-refractivity contribution in [2.24, 2.45) is 29.1 Å². The highest BCUT2D eigenvalue weighted by Gasteiger charge is 2.78. The van der Waals surface area contributed by atoms with Crippen molar-refractivity contribution in [2.75, 3.05) is 0 Å². The summed E-state index contributed by atoms with van der Waals surface area (Å²) >= 11 is 0. The molecule has 3 fully saturated rings. The van der Waals surface area contributed by atoms with Crippen molar-refractivity contribution in [3.63, 3.8) is 0 Å². The van der Waals surface area contributed by atoms with E-state index in [1.165, 1.54) is 6.92 Å². The molecule has 4 rings (SSSR count). The molecule has 0 bridgehead atoms. The number of allylic oxidation sites excluding steroid dienone is 1. The van der Waals surface area contributed by atoms with Gasteiger partial charge in [-0.15, -0.1) is 0 Å². The second-order valence-electron chi connectivity index (χ2n) is 9.23. The van der Waals surface area contributed by atoms with Crippen molar-refractivity contribution < 1.29 is 31.9 Å². The number of carbonyl (C=O) groups excluding carboxylic acids is 1. The number of ketones is 1. The molecule has 0 aromatic heterocycles. The molecule has 0 heterocycles. The summed E-state index contributed by atoms with van der Waals surface area (Å²) in [7, 11) is 0. The Morgan fingerprint density at radius 1 is 1.00 bits per heavy atom. The van der Waals surface area contributed by atoms with E-state index in [9.17, 15) is 31.9 Å². The predicted octanol–water partition coefficient (Wildman–Crippen LogP) is 5.06. The number of hydrogen-bond acceptors (Lipinski definition) is 2. The number of halogens is 5. The zero-order valence-electron chi connectivity index (χ0n) is 15.3. The van der Waals surface area contributed by atoms with Gasteiger partial charge in [0.25, 0.3) is 0 Å². The molecule has 27 heavy (non-hydrogen) atoms. The van der Waals surface area contributed by atoms with Crippen molar-refractivity contribution in [3.05, 3.63) is 11.6 Å². The molecule has 3 saturated carbocycles. The highest BCUT2D eigenvalue weighted by molar-refractivity contribution is 5.91. The molecular formula is C20H25F5O2. The standard InChI is InChI=1S/C20H25F5O2/c1-17-8-6-14-13-5-3-12(26)10-11(13)2-4-15(14)16(17)7-9-18(17,27)19(21,22)20(23,24)25/h10,13-16,27H,2-9H2,1H3/t13-,14+,15+,16-,17-,18-/m0/s1. The van der Waals surface area contributed by atoms with Crippen LogP contribution in [0, 0.1) is 29.1 Å². The Kier molecular flexibility index (Phi) is 4.13. The maximum absolute atomic E-state index is 14.4. The molecule has 0 radical (unpaired) electrons. The predicted molar refractivity (Wildman–Crippen MR) is 88.0 cm³/mol. The van der Waals surface area contributed by atoms with Crippen LogP contribution in [0.2, 0.25) is 0 Å². The van der Waals surface area contributed by atoms with E-state index >= 15 is 0 Å². The highest BCUT2D eigenvalue weighted by Crippen LogP contribution is 2.69. The molecule has 0 aromatic carbocycles. The Morgan fingerprint density at radius 3 is 2.37 bits per heavy atom. The fourth-order valence-electron chi connectivity index (χ4n) is 6.95. The van der Waals surface area contributed by atoms with Crippen LogP contribution in [-0.4, -0.2) is 28.6 Å². The topological polar surface area (TPSA) is 37.3 Å². The lowest BCUT2D eigenvalue weighted by atomic mass is 9.50. The highest BCUT2D eigenvalue weighted by atomic mass is 19.4. The molecule has 0 amide bonds. The van der Waals surface area contributed by atoms with Crippen LogP contribution in [0.25, 0.3) is 0 Å². The summed E-state index contributed by atoms with van der Waals surface area (Å²) in [6.45, 7) is 1.44. The third-order valence-corrected chi connectivity index (χ3v) is 8.33. The van der Waals surface area contributed by atoms with Crippen molar-refractivity contribution in [2.45, 2.75) is 76.0 Å². The van der Waals surface area contributed by atoms with Gasteiger partial charge in [0.2, 0.25) is 0 Å². The number of rotatable bonds is 1. The summed E-state index contributed by atoms with van der Waals surface area (Å²) < 4.78 is 68.0. The van der Waals surface area contributed by atoms with Crippen LogP contribution in [-0.2, 0) is 4.79 Å². The van der Waals surface area contributed by atoms with E-state index in [0.717, 1.165) is 12.0 Å². The maximum atomic E-state index is 14.4. The number of aliphatic hydroxyl groups is 1. The van der Waals surface area contributed by atoms with E-state index in [4.69, 9.17) is 0 Å². The quantitative estimate of drug-likeness (QED) is 0.634. The van der Waals surface area contributed by atoms with Crippen LogP contribution in [0.1, 0.15) is 58.3 Å². The molecule has 152 valence electrons. The first-order valence-corrected chi connectivity index (χ1v) is 9.82. The average Bonchev–Trinajstić information content (AvgIpc) is 2.86.